The number of primary amides is 1. The summed E-state index contributed by atoms with van der Waals surface area (Å²) in [5.41, 5.74) is 3.32. The number of anilines is 3. The number of sulfonamides is 1. The molecule has 202 valence electrons. The van der Waals surface area contributed by atoms with E-state index in [4.69, 9.17) is 10.5 Å². The summed E-state index contributed by atoms with van der Waals surface area (Å²) in [7, 11) is -2.73. The molecule has 0 aliphatic carbocycles. The third-order valence-electron chi connectivity index (χ3n) is 5.98. The summed E-state index contributed by atoms with van der Waals surface area (Å²) in [4.78, 5) is 34.9. The first-order valence-corrected chi connectivity index (χ1v) is 13.1. The lowest BCUT2D eigenvalue weighted by Gasteiger charge is -2.31. The van der Waals surface area contributed by atoms with Gasteiger partial charge in [0, 0.05) is 25.7 Å². The van der Waals surface area contributed by atoms with E-state index < -0.39 is 27.6 Å². The molecule has 0 fully saturated rings. The first-order valence-electron chi connectivity index (χ1n) is 11.7. The number of ether oxygens (including phenoxy) is 1. The van der Waals surface area contributed by atoms with E-state index in [0.717, 1.165) is 4.31 Å². The van der Waals surface area contributed by atoms with Gasteiger partial charge in [0.05, 0.1) is 11.1 Å². The normalized spacial score (nSPS) is 12.7. The van der Waals surface area contributed by atoms with E-state index in [1.807, 2.05) is 18.7 Å². The molecule has 0 saturated carbocycles. The molecule has 0 spiro atoms. The van der Waals surface area contributed by atoms with Crippen molar-refractivity contribution in [3.8, 4) is 5.75 Å². The van der Waals surface area contributed by atoms with E-state index >= 15 is 0 Å². The van der Waals surface area contributed by atoms with Crippen LogP contribution in [0.15, 0.2) is 65.7 Å². The number of rotatable bonds is 11. The maximum Gasteiger partial charge on any atom is 0.409 e. The lowest BCUT2D eigenvalue weighted by Crippen LogP contribution is -2.42. The Morgan fingerprint density at radius 1 is 1.08 bits per heavy atom. The minimum Gasteiger partial charge on any atom is -0.479 e. The van der Waals surface area contributed by atoms with Crippen LogP contribution in [0.2, 0.25) is 0 Å². The number of hydrogen-bond acceptors (Lipinski definition) is 9. The van der Waals surface area contributed by atoms with E-state index in [2.05, 4.69) is 15.3 Å². The van der Waals surface area contributed by atoms with Crippen molar-refractivity contribution in [1.82, 2.24) is 9.97 Å². The number of carboxylic acids is 1. The van der Waals surface area contributed by atoms with Gasteiger partial charge in [0.15, 0.2) is 11.4 Å². The van der Waals surface area contributed by atoms with Gasteiger partial charge in [-0.2, -0.15) is 4.98 Å². The highest BCUT2D eigenvalue weighted by atomic mass is 32.2. The zero-order valence-electron chi connectivity index (χ0n) is 21.5. The van der Waals surface area contributed by atoms with Gasteiger partial charge >= 0.3 is 12.1 Å². The predicted molar refractivity (Wildman–Crippen MR) is 143 cm³/mol. The van der Waals surface area contributed by atoms with Crippen LogP contribution in [0.4, 0.5) is 22.2 Å². The molecule has 4 N–H and O–H groups in total. The van der Waals surface area contributed by atoms with Crippen molar-refractivity contribution in [2.45, 2.75) is 31.2 Å². The van der Waals surface area contributed by atoms with E-state index in [0.29, 0.717) is 13.1 Å². The van der Waals surface area contributed by atoms with Gasteiger partial charge in [0.25, 0.3) is 10.0 Å². The Kier molecular flexibility index (Phi) is 8.41. The molecule has 3 rings (SSSR count). The lowest BCUT2D eigenvalue weighted by atomic mass is 9.91. The molecule has 2 aromatic carbocycles. The molecule has 0 aliphatic rings. The van der Waals surface area contributed by atoms with Crippen LogP contribution >= 0.6 is 0 Å². The zero-order chi connectivity index (χ0) is 28.1. The second kappa shape index (κ2) is 11.3. The molecular formula is C25H30N6O6S. The van der Waals surface area contributed by atoms with Crippen molar-refractivity contribution in [3.63, 3.8) is 0 Å². The number of nitrogens with zero attached hydrogens (tertiary/aromatic N) is 4. The number of aliphatic carboxylic acids is 1. The Bertz CT molecular complexity index is 1410. The van der Waals surface area contributed by atoms with Crippen LogP contribution in [-0.4, -0.2) is 55.7 Å². The smallest absolute Gasteiger partial charge is 0.409 e. The number of benzene rings is 2. The standard InChI is InChI=1S/C25H30N6O6S/c1-5-31(6-2)24-27-16-19(30(4)38(35,36)17-12-8-7-9-13-17)21(28-24)29-25(3,22(32)33)18-14-10-11-15-20(18)37-23(26)34/h7-16H,5-6H2,1-4H3,(H2,26,34)(H,32,33)(H,27,28,29). The van der Waals surface area contributed by atoms with Crippen molar-refractivity contribution >= 4 is 39.5 Å². The molecule has 1 unspecified atom stereocenters. The third kappa shape index (κ3) is 5.62. The van der Waals surface area contributed by atoms with E-state index in [9.17, 15) is 23.1 Å². The molecular weight excluding hydrogens is 512 g/mol. The summed E-state index contributed by atoms with van der Waals surface area (Å²) in [6.45, 7) is 6.25. The molecule has 1 atom stereocenters. The van der Waals surface area contributed by atoms with Gasteiger partial charge < -0.3 is 25.8 Å². The number of hydrogen-bond donors (Lipinski definition) is 3. The summed E-state index contributed by atoms with van der Waals surface area (Å²) < 4.78 is 32.8. The second-order valence-electron chi connectivity index (χ2n) is 8.33. The van der Waals surface area contributed by atoms with E-state index in [1.165, 1.54) is 44.4 Å². The molecule has 0 bridgehead atoms. The Labute approximate surface area is 221 Å². The number of para-hydroxylation sites is 1. The van der Waals surface area contributed by atoms with Gasteiger partial charge in [0.2, 0.25) is 5.95 Å². The fourth-order valence-corrected chi connectivity index (χ4v) is 4.99. The number of carboxylic acid groups (broad SMARTS) is 1. The van der Waals surface area contributed by atoms with Gasteiger partial charge in [-0.15, -0.1) is 0 Å². The van der Waals surface area contributed by atoms with Crippen molar-refractivity contribution in [1.29, 1.82) is 0 Å². The van der Waals surface area contributed by atoms with Crippen LogP contribution in [0.3, 0.4) is 0 Å². The van der Waals surface area contributed by atoms with Gasteiger partial charge in [-0.05, 0) is 39.0 Å². The van der Waals surface area contributed by atoms with Gasteiger partial charge in [0.1, 0.15) is 11.4 Å². The van der Waals surface area contributed by atoms with Crippen LogP contribution in [0.25, 0.3) is 0 Å². The minimum atomic E-state index is -4.06. The topological polar surface area (TPSA) is 168 Å². The maximum atomic E-state index is 13.4. The number of amides is 1. The largest absolute Gasteiger partial charge is 0.479 e. The predicted octanol–water partition coefficient (Wildman–Crippen LogP) is 3.02. The van der Waals surface area contributed by atoms with Crippen LogP contribution in [0.5, 0.6) is 5.75 Å². The highest BCUT2D eigenvalue weighted by Crippen LogP contribution is 2.37. The van der Waals surface area contributed by atoms with Crippen LogP contribution in [0.1, 0.15) is 26.3 Å². The SMILES string of the molecule is CCN(CC)c1ncc(N(C)S(=O)(=O)c2ccccc2)c(NC(C)(C(=O)O)c2ccccc2OC(N)=O)n1. The molecule has 0 aliphatic heterocycles. The summed E-state index contributed by atoms with van der Waals surface area (Å²) >= 11 is 0. The Hall–Kier alpha value is -4.39. The number of nitrogens with one attached hydrogen (secondary N) is 1. The van der Waals surface area contributed by atoms with Crippen molar-refractivity contribution in [3.05, 3.63) is 66.4 Å². The molecule has 12 nitrogen and oxygen atoms in total. The molecule has 38 heavy (non-hydrogen) atoms. The molecule has 0 saturated heterocycles. The quantitative estimate of drug-likeness (QED) is 0.327. The fraction of sp³-hybridized carbons (Fsp3) is 0.280. The number of nitrogens with two attached hydrogens (primary N) is 1. The van der Waals surface area contributed by atoms with Gasteiger partial charge in [-0.3, -0.25) is 4.31 Å². The van der Waals surface area contributed by atoms with Crippen LogP contribution in [0, 0.1) is 0 Å². The summed E-state index contributed by atoms with van der Waals surface area (Å²) in [6, 6.07) is 13.8. The monoisotopic (exact) mass is 542 g/mol. The first-order chi connectivity index (χ1) is 17.9. The molecule has 1 heterocycles. The number of carbonyl (C=O) groups excluding carboxylic acids is 1. The van der Waals surface area contributed by atoms with Crippen molar-refractivity contribution in [2.24, 2.45) is 5.73 Å². The Morgan fingerprint density at radius 3 is 2.26 bits per heavy atom. The lowest BCUT2D eigenvalue weighted by molar-refractivity contribution is -0.142. The summed E-state index contributed by atoms with van der Waals surface area (Å²) in [6.07, 6.45) is 0.197. The number of carbonyl (C=O) groups is 2. The minimum absolute atomic E-state index is 0.00512. The van der Waals surface area contributed by atoms with E-state index in [1.54, 1.807) is 30.3 Å². The molecule has 1 amide bonds. The molecule has 0 radical (unpaired) electrons. The summed E-state index contributed by atoms with van der Waals surface area (Å²) in [5, 5.41) is 13.2. The number of aromatic nitrogens is 2. The molecule has 1 aromatic heterocycles. The van der Waals surface area contributed by atoms with E-state index in [-0.39, 0.29) is 33.7 Å². The average Bonchev–Trinajstić information content (AvgIpc) is 2.89. The Morgan fingerprint density at radius 2 is 1.68 bits per heavy atom. The van der Waals surface area contributed by atoms with Crippen LogP contribution < -0.4 is 25.0 Å². The average molecular weight is 543 g/mol. The summed E-state index contributed by atoms with van der Waals surface area (Å²) in [5.74, 6) is -1.23. The molecule has 3 aromatic rings. The van der Waals surface area contributed by atoms with Crippen LogP contribution in [-0.2, 0) is 20.4 Å². The fourth-order valence-electron chi connectivity index (χ4n) is 3.78. The van der Waals surface area contributed by atoms with Crippen molar-refractivity contribution < 1.29 is 27.9 Å². The first kappa shape index (κ1) is 28.2. The van der Waals surface area contributed by atoms with Gasteiger partial charge in [-0.25, -0.2) is 23.0 Å². The van der Waals surface area contributed by atoms with Crippen molar-refractivity contribution in [2.75, 3.05) is 34.7 Å². The maximum absolute atomic E-state index is 13.4. The highest BCUT2D eigenvalue weighted by Gasteiger charge is 2.40. The second-order valence-corrected chi connectivity index (χ2v) is 10.3. The Balaban J connectivity index is 2.22. The molecule has 13 heteroatoms. The third-order valence-corrected chi connectivity index (χ3v) is 7.76. The van der Waals surface area contributed by atoms with Gasteiger partial charge in [-0.1, -0.05) is 36.4 Å². The zero-order valence-corrected chi connectivity index (χ0v) is 22.3. The highest BCUT2D eigenvalue weighted by molar-refractivity contribution is 7.92.